The average molecular weight is 1860 g/mol. The predicted octanol–water partition coefficient (Wildman–Crippen LogP) is -3.99. The first-order valence-electron chi connectivity index (χ1n) is 36.5. The third-order valence-electron chi connectivity index (χ3n) is 19.7. The molecule has 1 unspecified atom stereocenters. The molecule has 124 heavy (non-hydrogen) atoms. The summed E-state index contributed by atoms with van der Waals surface area (Å²) in [5, 5.41) is 12.6. The second-order valence-corrected chi connectivity index (χ2v) is 33.0. The number of aryl methyl sites for hydroxylation is 2. The Bertz CT molecular complexity index is 5140. The number of carbonyl (C=O) groups is 10. The van der Waals surface area contributed by atoms with E-state index in [0.717, 1.165) is 21.2 Å². The van der Waals surface area contributed by atoms with E-state index in [1.54, 1.807) is 32.3 Å². The van der Waals surface area contributed by atoms with Crippen molar-refractivity contribution in [1.82, 2.24) is 122 Å². The molecule has 15 amide bonds. The van der Waals surface area contributed by atoms with Gasteiger partial charge in [-0.1, -0.05) is 5.16 Å². The Balaban J connectivity index is 0.000000151. The van der Waals surface area contributed by atoms with Crippen LogP contribution < -0.4 is 27.4 Å². The van der Waals surface area contributed by atoms with Gasteiger partial charge in [0, 0.05) is 63.9 Å². The summed E-state index contributed by atoms with van der Waals surface area (Å²) in [6, 6.07) is -5.68. The maximum atomic E-state index is 12.3. The SMILES string of the molecule is CC(ONC(=O)[C@@H]1CC[C@@H]2CN1C(=O)N2OS(=O)(=O)O)c1cnc[nH]1.Cc1cnc(CONC(=O)[C@@H]2CC[C@@H]3CN2C(=O)N3OS(=O)(=O)O)cn1.Cn1cccc1CONC(=O)[C@@H]1CC[C@@H]2CN1C(=O)N2OS(=O)(=O)O.O=C(NOCc1ccon1)[C@@H]1CC[C@@H]2CN1C(=O)N2OS(=O)(=O)O.O=C(NOCc1ncn[nH]1)[C@@H]1CC[C@@H]2CN1C(=O)N2OS(=O)(=O)O. The van der Waals surface area contributed by atoms with E-state index in [9.17, 15) is 90.0 Å². The number of hydrogen-bond donors (Lipinski definition) is 12. The Hall–Kier alpha value is -11.2. The average Bonchev–Trinajstić information content (AvgIpc) is 1.65. The molecule has 10 saturated heterocycles. The molecule has 65 heteroatoms. The molecular weight excluding hydrogens is 1780 g/mol. The molecule has 0 radical (unpaired) electrons. The number of rotatable bonds is 30. The number of piperidine rings is 5. The fourth-order valence-corrected chi connectivity index (χ4v) is 16.0. The number of carbonyl (C=O) groups excluding carboxylic acids is 10. The third kappa shape index (κ3) is 24.6. The van der Waals surface area contributed by atoms with Crippen LogP contribution in [0.5, 0.6) is 0 Å². The second kappa shape index (κ2) is 39.7. The monoisotopic (exact) mass is 1860 g/mol. The van der Waals surface area contributed by atoms with Crippen molar-refractivity contribution in [2.75, 3.05) is 32.7 Å². The normalized spacial score (nSPS) is 23.5. The summed E-state index contributed by atoms with van der Waals surface area (Å²) in [6.07, 6.45) is 13.3. The Kier molecular flexibility index (Phi) is 30.0. The first-order chi connectivity index (χ1) is 58.5. The van der Waals surface area contributed by atoms with Gasteiger partial charge in [-0.05, 0) is 90.2 Å². The molecule has 10 fully saturated rings. The van der Waals surface area contributed by atoms with Gasteiger partial charge in [0.05, 0.1) is 66.0 Å². The second-order valence-electron chi connectivity index (χ2n) is 28.0. The van der Waals surface area contributed by atoms with Crippen molar-refractivity contribution in [2.24, 2.45) is 7.05 Å². The van der Waals surface area contributed by atoms with E-state index < -0.39 is 178 Å². The van der Waals surface area contributed by atoms with Crippen molar-refractivity contribution >= 4 is 112 Å². The molecule has 12 N–H and O–H groups in total. The highest BCUT2D eigenvalue weighted by molar-refractivity contribution is 7.81. The molecule has 10 aliphatic rings. The summed E-state index contributed by atoms with van der Waals surface area (Å²) in [5.74, 6) is -2.30. The first-order valence-corrected chi connectivity index (χ1v) is 43.3. The molecule has 5 aromatic heterocycles. The summed E-state index contributed by atoms with van der Waals surface area (Å²) >= 11 is 0. The van der Waals surface area contributed by atoms with Crippen LogP contribution in [-0.2, 0) is 155 Å². The van der Waals surface area contributed by atoms with Gasteiger partial charge in [-0.2, -0.15) is 72.5 Å². The fourth-order valence-electron chi connectivity index (χ4n) is 14.0. The topological polar surface area (TPSA) is 754 Å². The number of H-pyrrole nitrogens is 2. The van der Waals surface area contributed by atoms with Crippen LogP contribution in [-0.4, -0.2) is 312 Å². The minimum absolute atomic E-state index is 0.000301. The lowest BCUT2D eigenvalue weighted by atomic mass is 10.0. The van der Waals surface area contributed by atoms with Crippen LogP contribution >= 0.6 is 0 Å². The van der Waals surface area contributed by atoms with Crippen molar-refractivity contribution in [3.63, 3.8) is 0 Å². The van der Waals surface area contributed by atoms with Gasteiger partial charge < -0.3 is 38.6 Å². The van der Waals surface area contributed by atoms with E-state index in [0.29, 0.717) is 112 Å². The Morgan fingerprint density at radius 1 is 0.476 bits per heavy atom. The van der Waals surface area contributed by atoms with Gasteiger partial charge in [0.1, 0.15) is 81.0 Å². The highest BCUT2D eigenvalue weighted by atomic mass is 32.3. The zero-order chi connectivity index (χ0) is 89.9. The number of hydroxylamine groups is 15. The van der Waals surface area contributed by atoms with Gasteiger partial charge in [-0.15, -0.1) is 21.4 Å². The van der Waals surface area contributed by atoms with Gasteiger partial charge in [-0.25, -0.2) is 61.3 Å². The summed E-state index contributed by atoms with van der Waals surface area (Å²) in [5.41, 5.74) is 14.5. The fraction of sp³-hybridized carbons (Fsp3) is 0.559. The van der Waals surface area contributed by atoms with Crippen molar-refractivity contribution in [1.29, 1.82) is 0 Å². The van der Waals surface area contributed by atoms with Crippen LogP contribution in [0.4, 0.5) is 24.0 Å². The molecule has 15 rings (SSSR count). The molecule has 682 valence electrons. The number of amides is 15. The number of aromatic nitrogens is 9. The van der Waals surface area contributed by atoms with Gasteiger partial charge in [0.15, 0.2) is 5.82 Å². The van der Waals surface area contributed by atoms with Gasteiger partial charge in [0.25, 0.3) is 29.5 Å². The minimum Gasteiger partial charge on any atom is -0.364 e. The lowest BCUT2D eigenvalue weighted by Gasteiger charge is -2.29. The van der Waals surface area contributed by atoms with E-state index in [1.807, 2.05) is 29.9 Å². The number of nitrogens with one attached hydrogen (secondary N) is 7. The van der Waals surface area contributed by atoms with Crippen LogP contribution in [0.1, 0.15) is 112 Å². The molecule has 15 heterocycles. The van der Waals surface area contributed by atoms with E-state index >= 15 is 0 Å². The number of aromatic amines is 2. The van der Waals surface area contributed by atoms with Crippen molar-refractivity contribution in [3.05, 3.63) is 96.2 Å². The molecule has 10 bridgehead atoms. The van der Waals surface area contributed by atoms with Gasteiger partial charge >= 0.3 is 82.2 Å². The van der Waals surface area contributed by atoms with Crippen LogP contribution in [0.3, 0.4) is 0 Å². The molecule has 10 aliphatic heterocycles. The highest BCUT2D eigenvalue weighted by Crippen LogP contribution is 2.36. The standard InChI is InChI=1S/C13H17N5O7S.C13H18N4O7S.C12H17N5O7S.C11H14N4O8S.C10H14N6O7S/c1-8-4-15-9(5-14-8)7-24-16-12(19)11-3-2-10-6-17(11)13(20)18(10)25-26(21,22)23;1-15-6-2-3-10(15)8-23-14-12(18)11-5-4-9-7-16(11)13(19)17(9)24-25(20,21)22;1-7(9-4-13-6-14-9)23-15-11(18)10-3-2-8-5-16(10)12(19)17(8)24-25(20,21)22;16-10(13-22-6-7-3-4-21-12-7)9-2-1-8-5-14(9)11(17)15(8)23-24(18,19)20;17-9(14-22-4-8-11-5-12-13-8)7-2-1-6-3-15(7)10(18)16(6)23-24(19,20)21/h4-5,10-11H,2-3,6-7H2,1H3,(H,16,19)(H,21,22,23);2-3,6,9,11H,4-5,7-8H2,1H3,(H,14,18)(H,20,21,22);4,6-8,10H,2-3,5H2,1H3,(H,13,14)(H,15,18)(H,20,21,22);3-4,8-9H,1-2,5-6H2,(H,13,16)(H,18,19,20);5-7H,1-4H2,(H,14,17)(H,11,12,13)(H,19,20,21)/t10-,11+;9-,11+;7?,8-,10+;8-,9+;6-,7+/m11111/s1. The molecule has 0 aromatic carbocycles. The molecule has 0 aliphatic carbocycles. The number of urea groups is 5. The van der Waals surface area contributed by atoms with Gasteiger partial charge in [-0.3, -0.25) is 86.0 Å². The van der Waals surface area contributed by atoms with E-state index in [-0.39, 0.29) is 59.2 Å². The number of fused-ring (bicyclic) bond motifs is 10. The van der Waals surface area contributed by atoms with E-state index in [4.69, 9.17) is 47.0 Å². The zero-order valence-corrected chi connectivity index (χ0v) is 68.7. The molecule has 0 saturated carbocycles. The summed E-state index contributed by atoms with van der Waals surface area (Å²) < 4.78 is 180. The molecule has 0 spiro atoms. The zero-order valence-electron chi connectivity index (χ0n) is 64.6. The van der Waals surface area contributed by atoms with Crippen LogP contribution in [0.2, 0.25) is 0 Å². The quantitative estimate of drug-likeness (QED) is 0.0154. The maximum Gasteiger partial charge on any atom is 0.418 e. The number of nitrogens with zero attached hydrogens (tertiary/aromatic N) is 17. The Morgan fingerprint density at radius 3 is 1.15 bits per heavy atom. The van der Waals surface area contributed by atoms with E-state index in [1.165, 1.54) is 39.8 Å². The third-order valence-corrected chi connectivity index (χ3v) is 21.4. The molecule has 60 nitrogen and oxygen atoms in total. The largest absolute Gasteiger partial charge is 0.418 e. The summed E-state index contributed by atoms with van der Waals surface area (Å²) in [4.78, 5) is 172. The minimum atomic E-state index is -4.82. The highest BCUT2D eigenvalue weighted by Gasteiger charge is 2.55. The molecule has 11 atom stereocenters. The van der Waals surface area contributed by atoms with Crippen molar-refractivity contribution < 1.29 is 163 Å². The van der Waals surface area contributed by atoms with Crippen LogP contribution in [0, 0.1) is 6.92 Å². The van der Waals surface area contributed by atoms with E-state index in [2.05, 4.69) is 93.6 Å². The molecular formula is C59H80N24O36S5. The Morgan fingerprint density at radius 2 is 0.839 bits per heavy atom. The first kappa shape index (κ1) is 93.5. The number of imidazole rings is 1. The molecule has 5 aromatic rings. The lowest BCUT2D eigenvalue weighted by Crippen LogP contribution is -2.49. The summed E-state index contributed by atoms with van der Waals surface area (Å²) in [7, 11) is -22.2. The smallest absolute Gasteiger partial charge is 0.364 e. The summed E-state index contributed by atoms with van der Waals surface area (Å²) in [6.45, 7) is 4.17. The van der Waals surface area contributed by atoms with Crippen molar-refractivity contribution in [2.45, 2.75) is 171 Å². The predicted molar refractivity (Wildman–Crippen MR) is 390 cm³/mol. The maximum absolute atomic E-state index is 12.3. The van der Waals surface area contributed by atoms with Gasteiger partial charge in [0.2, 0.25) is 0 Å². The van der Waals surface area contributed by atoms with Crippen LogP contribution in [0.15, 0.2) is 66.4 Å². The Labute approximate surface area is 700 Å². The lowest BCUT2D eigenvalue weighted by molar-refractivity contribution is -0.143. The van der Waals surface area contributed by atoms with Crippen molar-refractivity contribution in [3.8, 4) is 0 Å². The number of hydrogen-bond acceptors (Lipinski definition) is 37. The van der Waals surface area contributed by atoms with Crippen LogP contribution in [0.25, 0.3) is 0 Å².